The molecule has 2 aromatic carbocycles. The molecule has 9 nitrogen and oxygen atoms in total. The lowest BCUT2D eigenvalue weighted by atomic mass is 10.1. The van der Waals surface area contributed by atoms with Crippen molar-refractivity contribution in [2.24, 2.45) is 7.05 Å². The number of pyridine rings is 2. The summed E-state index contributed by atoms with van der Waals surface area (Å²) in [5, 5.41) is 0.841. The lowest BCUT2D eigenvalue weighted by Crippen LogP contribution is -2.53. The van der Waals surface area contributed by atoms with Crippen molar-refractivity contribution in [3.63, 3.8) is 0 Å². The first kappa shape index (κ1) is 31.7. The van der Waals surface area contributed by atoms with Crippen LogP contribution in [0.4, 0.5) is 18.9 Å². The Bertz CT molecular complexity index is 1890. The van der Waals surface area contributed by atoms with E-state index < -0.39 is 17.6 Å². The first-order valence-corrected chi connectivity index (χ1v) is 15.1. The maximum atomic E-state index is 13.7. The highest BCUT2D eigenvalue weighted by atomic mass is 19.4. The Hall–Kier alpha value is -5.23. The number of hydrogen-bond acceptors (Lipinski definition) is 6. The lowest BCUT2D eigenvalue weighted by molar-refractivity contribution is -0.137. The SMILES string of the molecule is C[C@@H]1CN(Cc2ccccn2)CCN1C(=O)c1cc2cc(Oc3ccc(N(C)C(=O)c4ccc(C(F)(F)F)cc4)cn3)ccc2n1C. The fourth-order valence-corrected chi connectivity index (χ4v) is 5.81. The topological polar surface area (TPSA) is 83.8 Å². The molecule has 0 bridgehead atoms. The van der Waals surface area contributed by atoms with Gasteiger partial charge in [-0.1, -0.05) is 6.07 Å². The number of aromatic nitrogens is 3. The molecular formula is C35H33F3N6O3. The van der Waals surface area contributed by atoms with Crippen molar-refractivity contribution in [3.8, 4) is 11.6 Å². The zero-order chi connectivity index (χ0) is 33.3. The zero-order valence-corrected chi connectivity index (χ0v) is 26.1. The molecule has 47 heavy (non-hydrogen) atoms. The second kappa shape index (κ2) is 12.9. The number of anilines is 1. The number of carbonyl (C=O) groups is 2. The van der Waals surface area contributed by atoms with E-state index in [1.807, 2.05) is 52.9 Å². The average Bonchev–Trinajstić information content (AvgIpc) is 3.39. The molecule has 1 fully saturated rings. The number of piperazine rings is 1. The predicted molar refractivity (Wildman–Crippen MR) is 171 cm³/mol. The van der Waals surface area contributed by atoms with E-state index in [0.29, 0.717) is 23.7 Å². The number of ether oxygens (including phenoxy) is 1. The van der Waals surface area contributed by atoms with Crippen LogP contribution in [0.15, 0.2) is 91.3 Å². The van der Waals surface area contributed by atoms with Crippen molar-refractivity contribution in [3.05, 3.63) is 114 Å². The fraction of sp³-hybridized carbons (Fsp3) is 0.257. The third-order valence-electron chi connectivity index (χ3n) is 8.41. The quantitative estimate of drug-likeness (QED) is 0.204. The minimum atomic E-state index is -4.48. The summed E-state index contributed by atoms with van der Waals surface area (Å²) in [5.41, 5.74) is 2.22. The van der Waals surface area contributed by atoms with Crippen LogP contribution in [-0.4, -0.2) is 68.9 Å². The molecule has 0 spiro atoms. The molecule has 12 heteroatoms. The van der Waals surface area contributed by atoms with E-state index >= 15 is 0 Å². The van der Waals surface area contributed by atoms with Crippen LogP contribution in [0.25, 0.3) is 10.9 Å². The molecule has 0 saturated carbocycles. The molecule has 0 radical (unpaired) electrons. The molecule has 1 aliphatic heterocycles. The Labute approximate surface area is 269 Å². The van der Waals surface area contributed by atoms with Gasteiger partial charge in [0.2, 0.25) is 5.88 Å². The fourth-order valence-electron chi connectivity index (χ4n) is 5.81. The average molecular weight is 643 g/mol. The summed E-state index contributed by atoms with van der Waals surface area (Å²) in [6, 6.07) is 20.6. The van der Waals surface area contributed by atoms with E-state index in [-0.39, 0.29) is 23.4 Å². The van der Waals surface area contributed by atoms with Crippen LogP contribution in [0, 0.1) is 0 Å². The zero-order valence-electron chi connectivity index (χ0n) is 26.1. The first-order chi connectivity index (χ1) is 22.5. The van der Waals surface area contributed by atoms with Crippen molar-refractivity contribution < 1.29 is 27.5 Å². The second-order valence-electron chi connectivity index (χ2n) is 11.6. The van der Waals surface area contributed by atoms with Gasteiger partial charge in [-0.05, 0) is 73.7 Å². The van der Waals surface area contributed by atoms with Crippen LogP contribution in [0.2, 0.25) is 0 Å². The van der Waals surface area contributed by atoms with Gasteiger partial charge in [0.1, 0.15) is 11.4 Å². The minimum Gasteiger partial charge on any atom is -0.439 e. The molecule has 1 saturated heterocycles. The van der Waals surface area contributed by atoms with E-state index in [4.69, 9.17) is 4.74 Å². The molecule has 2 amide bonds. The van der Waals surface area contributed by atoms with Crippen LogP contribution in [-0.2, 0) is 19.8 Å². The molecule has 1 aliphatic rings. The number of alkyl halides is 3. The molecule has 0 aliphatic carbocycles. The smallest absolute Gasteiger partial charge is 0.416 e. The standard InChI is InChI=1S/C35H33F3N6O3/c1-23-21-43(22-27-6-4-5-15-39-27)16-17-44(23)34(46)31-19-25-18-29(12-13-30(25)42(31)3)47-32-14-11-28(20-40-32)41(2)33(45)24-7-9-26(10-8-24)35(36,37)38/h4-15,18-20,23H,16-17,21-22H2,1-3H3/t23-/m1/s1. The van der Waals surface area contributed by atoms with Crippen molar-refractivity contribution in [2.75, 3.05) is 31.6 Å². The number of benzene rings is 2. The minimum absolute atomic E-state index is 0.0247. The molecular weight excluding hydrogens is 609 g/mol. The van der Waals surface area contributed by atoms with Gasteiger partial charge in [0, 0.05) is 75.0 Å². The maximum absolute atomic E-state index is 13.7. The number of nitrogens with zero attached hydrogens (tertiary/aromatic N) is 6. The number of fused-ring (bicyclic) bond motifs is 1. The molecule has 242 valence electrons. The molecule has 1 atom stereocenters. The third kappa shape index (κ3) is 6.82. The lowest BCUT2D eigenvalue weighted by Gasteiger charge is -2.39. The van der Waals surface area contributed by atoms with E-state index in [2.05, 4.69) is 21.8 Å². The largest absolute Gasteiger partial charge is 0.439 e. The Kier molecular flexibility index (Phi) is 8.69. The van der Waals surface area contributed by atoms with E-state index in [0.717, 1.165) is 60.5 Å². The van der Waals surface area contributed by atoms with Gasteiger partial charge in [-0.15, -0.1) is 0 Å². The molecule has 0 N–H and O–H groups in total. The normalized spacial score (nSPS) is 15.5. The second-order valence-corrected chi connectivity index (χ2v) is 11.6. The van der Waals surface area contributed by atoms with Gasteiger partial charge in [-0.3, -0.25) is 19.5 Å². The van der Waals surface area contributed by atoms with Crippen molar-refractivity contribution >= 4 is 28.4 Å². The third-order valence-corrected chi connectivity index (χ3v) is 8.41. The van der Waals surface area contributed by atoms with Gasteiger partial charge in [-0.25, -0.2) is 4.98 Å². The van der Waals surface area contributed by atoms with Crippen molar-refractivity contribution in [1.29, 1.82) is 0 Å². The highest BCUT2D eigenvalue weighted by molar-refractivity contribution is 6.05. The highest BCUT2D eigenvalue weighted by Gasteiger charge is 2.31. The van der Waals surface area contributed by atoms with E-state index in [9.17, 15) is 22.8 Å². The summed E-state index contributed by atoms with van der Waals surface area (Å²) < 4.78 is 46.5. The predicted octanol–water partition coefficient (Wildman–Crippen LogP) is 6.40. The number of aryl methyl sites for hydroxylation is 1. The van der Waals surface area contributed by atoms with Crippen LogP contribution in [0.3, 0.4) is 0 Å². The van der Waals surface area contributed by atoms with Crippen LogP contribution in [0.5, 0.6) is 11.6 Å². The van der Waals surface area contributed by atoms with Gasteiger partial charge in [0.25, 0.3) is 11.8 Å². The monoisotopic (exact) mass is 642 g/mol. The van der Waals surface area contributed by atoms with Gasteiger partial charge >= 0.3 is 6.18 Å². The van der Waals surface area contributed by atoms with Crippen LogP contribution in [0.1, 0.15) is 39.0 Å². The Balaban J connectivity index is 1.10. The van der Waals surface area contributed by atoms with E-state index in [1.54, 1.807) is 24.4 Å². The summed E-state index contributed by atoms with van der Waals surface area (Å²) in [6.45, 7) is 4.96. The summed E-state index contributed by atoms with van der Waals surface area (Å²) in [6.07, 6.45) is -1.23. The van der Waals surface area contributed by atoms with E-state index in [1.165, 1.54) is 18.1 Å². The van der Waals surface area contributed by atoms with Crippen LogP contribution >= 0.6 is 0 Å². The summed E-state index contributed by atoms with van der Waals surface area (Å²) in [4.78, 5) is 40.8. The number of hydrogen-bond donors (Lipinski definition) is 0. The summed E-state index contributed by atoms with van der Waals surface area (Å²) in [5.74, 6) is 0.305. The Morgan fingerprint density at radius 3 is 2.43 bits per heavy atom. The number of halogens is 3. The Morgan fingerprint density at radius 1 is 0.979 bits per heavy atom. The Morgan fingerprint density at radius 2 is 1.77 bits per heavy atom. The molecule has 6 rings (SSSR count). The summed E-state index contributed by atoms with van der Waals surface area (Å²) in [7, 11) is 3.39. The summed E-state index contributed by atoms with van der Waals surface area (Å²) >= 11 is 0. The van der Waals surface area contributed by atoms with Crippen LogP contribution < -0.4 is 9.64 Å². The van der Waals surface area contributed by atoms with Gasteiger partial charge in [-0.2, -0.15) is 13.2 Å². The molecule has 0 unspecified atom stereocenters. The molecule has 5 aromatic rings. The van der Waals surface area contributed by atoms with Gasteiger partial charge in [0.05, 0.1) is 23.1 Å². The van der Waals surface area contributed by atoms with Gasteiger partial charge < -0.3 is 19.1 Å². The first-order valence-electron chi connectivity index (χ1n) is 15.1. The molecule has 3 aromatic heterocycles. The molecule has 4 heterocycles. The van der Waals surface area contributed by atoms with Crippen molar-refractivity contribution in [1.82, 2.24) is 24.3 Å². The maximum Gasteiger partial charge on any atom is 0.416 e. The number of amides is 2. The van der Waals surface area contributed by atoms with Crippen molar-refractivity contribution in [2.45, 2.75) is 25.7 Å². The number of carbonyl (C=O) groups excluding carboxylic acids is 2. The van der Waals surface area contributed by atoms with Gasteiger partial charge in [0.15, 0.2) is 0 Å². The highest BCUT2D eigenvalue weighted by Crippen LogP contribution is 2.31. The number of rotatable bonds is 7.